The van der Waals surface area contributed by atoms with Crippen LogP contribution in [0, 0.1) is 0 Å². The number of aliphatic hydroxyl groups excluding tert-OH is 2. The molecule has 13 nitrogen and oxygen atoms in total. The molecule has 6 N–H and O–H groups in total. The van der Waals surface area contributed by atoms with E-state index in [1.54, 1.807) is 0 Å². The Morgan fingerprint density at radius 1 is 1.16 bits per heavy atom. The Labute approximate surface area is 187 Å². The first-order valence-electron chi connectivity index (χ1n) is 10.0. The van der Waals surface area contributed by atoms with E-state index in [2.05, 4.69) is 20.4 Å². The molecule has 5 atom stereocenters. The highest BCUT2D eigenvalue weighted by Gasteiger charge is 2.47. The van der Waals surface area contributed by atoms with Gasteiger partial charge in [-0.15, -0.1) is 0 Å². The van der Waals surface area contributed by atoms with Crippen LogP contribution in [0.3, 0.4) is 0 Å². The molecule has 16 heteroatoms. The monoisotopic (exact) mass is 511 g/mol. The number of hydrogen-bond acceptors (Lipinski definition) is 9. The highest BCUT2D eigenvalue weighted by molar-refractivity contribution is 7.70. The van der Waals surface area contributed by atoms with E-state index >= 15 is 0 Å². The third-order valence-corrected chi connectivity index (χ3v) is 9.37. The summed E-state index contributed by atoms with van der Waals surface area (Å²) in [5.74, 6) is -0.895. The molecule has 0 spiro atoms. The minimum atomic E-state index is -4.84. The first-order valence-corrected chi connectivity index (χ1v) is 14.0. The van der Waals surface area contributed by atoms with Crippen LogP contribution in [0.15, 0.2) is 6.20 Å². The Hall–Kier alpha value is -1.14. The Balaban J connectivity index is 1.59. The van der Waals surface area contributed by atoms with Crippen LogP contribution < -0.4 is 5.32 Å². The Bertz CT molecular complexity index is 1090. The maximum absolute atomic E-state index is 12.1. The maximum atomic E-state index is 12.1. The first kappa shape index (κ1) is 24.0. The number of anilines is 1. The van der Waals surface area contributed by atoms with Crippen molar-refractivity contribution < 1.29 is 38.5 Å². The van der Waals surface area contributed by atoms with Gasteiger partial charge in [0.2, 0.25) is 5.28 Å². The SMILES string of the molecule is O=P(O)(O)CP(=O)(O)O[C@H]1C[C@@H](n2ncc3c(NC4CCCC4)nc(Cl)nc32)[C@H](O)[C@@H]1O. The van der Waals surface area contributed by atoms with Gasteiger partial charge in [-0.05, 0) is 24.4 Å². The van der Waals surface area contributed by atoms with Crippen LogP contribution in [0.5, 0.6) is 0 Å². The van der Waals surface area contributed by atoms with E-state index in [0.29, 0.717) is 16.9 Å². The number of aliphatic hydroxyl groups is 2. The second kappa shape index (κ2) is 8.90. The standard InChI is InChI=1S/C16H24ClN5O8P2/c17-16-20-14(19-8-3-1-2-4-8)9-6-18-22(15(9)21-16)10-5-11(13(24)12(10)23)30-32(28,29)7-31(25,26)27/h6,8,10-13,23-24H,1-5,7H2,(H,28,29)(H,19,20,21)(H2,25,26,27)/t10-,11+,12+,13-/m1/s1. The van der Waals surface area contributed by atoms with Crippen molar-refractivity contribution in [3.63, 3.8) is 0 Å². The molecular formula is C16H24ClN5O8P2. The fourth-order valence-electron chi connectivity index (χ4n) is 4.31. The van der Waals surface area contributed by atoms with E-state index < -0.39 is 45.4 Å². The fourth-order valence-corrected chi connectivity index (χ4v) is 7.23. The molecule has 2 aliphatic carbocycles. The summed E-state index contributed by atoms with van der Waals surface area (Å²) >= 11 is 6.10. The average molecular weight is 512 g/mol. The zero-order valence-corrected chi connectivity index (χ0v) is 19.3. The van der Waals surface area contributed by atoms with Crippen LogP contribution in [-0.2, 0) is 13.7 Å². The molecule has 2 fully saturated rings. The molecule has 2 saturated carbocycles. The molecule has 2 aliphatic rings. The highest BCUT2D eigenvalue weighted by atomic mass is 35.5. The largest absolute Gasteiger partial charge is 0.388 e. The lowest BCUT2D eigenvalue weighted by Crippen LogP contribution is -2.32. The van der Waals surface area contributed by atoms with E-state index in [1.165, 1.54) is 10.9 Å². The minimum Gasteiger partial charge on any atom is -0.388 e. The summed E-state index contributed by atoms with van der Waals surface area (Å²) in [5, 5.41) is 29.0. The molecule has 1 unspecified atom stereocenters. The van der Waals surface area contributed by atoms with Crippen molar-refractivity contribution in [2.75, 3.05) is 11.2 Å². The third kappa shape index (κ3) is 5.16. The van der Waals surface area contributed by atoms with Crippen LogP contribution >= 0.6 is 26.8 Å². The first-order chi connectivity index (χ1) is 14.9. The predicted octanol–water partition coefficient (Wildman–Crippen LogP) is 1.21. The van der Waals surface area contributed by atoms with Crippen molar-refractivity contribution in [1.82, 2.24) is 19.7 Å². The van der Waals surface area contributed by atoms with Gasteiger partial charge in [0, 0.05) is 12.5 Å². The number of nitrogens with one attached hydrogen (secondary N) is 1. The molecule has 2 aromatic rings. The molecule has 0 saturated heterocycles. The lowest BCUT2D eigenvalue weighted by atomic mass is 10.2. The number of rotatable bonds is 7. The van der Waals surface area contributed by atoms with Gasteiger partial charge in [-0.1, -0.05) is 12.8 Å². The molecule has 32 heavy (non-hydrogen) atoms. The van der Waals surface area contributed by atoms with E-state index in [-0.39, 0.29) is 17.7 Å². The molecule has 0 aliphatic heterocycles. The highest BCUT2D eigenvalue weighted by Crippen LogP contribution is 2.57. The molecule has 4 rings (SSSR count). The molecule has 0 radical (unpaired) electrons. The van der Waals surface area contributed by atoms with E-state index in [0.717, 1.165) is 25.7 Å². The molecular weight excluding hydrogens is 488 g/mol. The summed E-state index contributed by atoms with van der Waals surface area (Å²) in [6, 6.07) is -0.648. The smallest absolute Gasteiger partial charge is 0.340 e. The lowest BCUT2D eigenvalue weighted by Gasteiger charge is -2.20. The van der Waals surface area contributed by atoms with Gasteiger partial charge in [0.1, 0.15) is 18.0 Å². The average Bonchev–Trinajstić information content (AvgIpc) is 3.36. The van der Waals surface area contributed by atoms with Crippen LogP contribution in [0.25, 0.3) is 11.0 Å². The van der Waals surface area contributed by atoms with Gasteiger partial charge in [0.05, 0.1) is 23.7 Å². The van der Waals surface area contributed by atoms with E-state index in [1.807, 2.05) is 0 Å². The van der Waals surface area contributed by atoms with Gasteiger partial charge >= 0.3 is 15.2 Å². The van der Waals surface area contributed by atoms with Crippen molar-refractivity contribution in [2.24, 2.45) is 0 Å². The van der Waals surface area contributed by atoms with Gasteiger partial charge in [-0.25, -0.2) is 4.68 Å². The summed E-state index contributed by atoms with van der Waals surface area (Å²) in [6.07, 6.45) is 1.18. The number of aromatic nitrogens is 4. The minimum absolute atomic E-state index is 0.0397. The van der Waals surface area contributed by atoms with Gasteiger partial charge in [0.15, 0.2) is 11.6 Å². The zero-order chi connectivity index (χ0) is 23.3. The molecule has 2 heterocycles. The fraction of sp³-hybridized carbons (Fsp3) is 0.688. The summed E-state index contributed by atoms with van der Waals surface area (Å²) in [7, 11) is -9.57. The number of fused-ring (bicyclic) bond motifs is 1. The second-order valence-corrected chi connectivity index (χ2v) is 12.4. The second-order valence-electron chi connectivity index (χ2n) is 8.17. The quantitative estimate of drug-likeness (QED) is 0.229. The van der Waals surface area contributed by atoms with E-state index in [4.69, 9.17) is 25.9 Å². The Kier molecular flexibility index (Phi) is 6.68. The van der Waals surface area contributed by atoms with Gasteiger partial charge in [-0.2, -0.15) is 15.1 Å². The van der Waals surface area contributed by atoms with Gasteiger partial charge in [0.25, 0.3) is 0 Å². The summed E-state index contributed by atoms with van der Waals surface area (Å²) in [5.41, 5.74) is 0.296. The van der Waals surface area contributed by atoms with Crippen molar-refractivity contribution in [2.45, 2.75) is 62.5 Å². The number of hydrogen-bond donors (Lipinski definition) is 6. The van der Waals surface area contributed by atoms with Crippen LogP contribution in [0.1, 0.15) is 38.1 Å². The zero-order valence-electron chi connectivity index (χ0n) is 16.7. The number of halogens is 1. The number of nitrogens with zero attached hydrogens (tertiary/aromatic N) is 4. The van der Waals surface area contributed by atoms with Crippen molar-refractivity contribution >= 4 is 43.6 Å². The van der Waals surface area contributed by atoms with E-state index in [9.17, 15) is 24.2 Å². The molecule has 0 bridgehead atoms. The third-order valence-electron chi connectivity index (χ3n) is 5.70. The molecule has 178 valence electrons. The maximum Gasteiger partial charge on any atom is 0.340 e. The Morgan fingerprint density at radius 2 is 1.84 bits per heavy atom. The predicted molar refractivity (Wildman–Crippen MR) is 113 cm³/mol. The molecule has 0 aromatic carbocycles. The van der Waals surface area contributed by atoms with Gasteiger partial charge in [-0.3, -0.25) is 9.13 Å². The molecule has 0 amide bonds. The summed E-state index contributed by atoms with van der Waals surface area (Å²) < 4.78 is 29.4. The van der Waals surface area contributed by atoms with Crippen molar-refractivity contribution in [3.8, 4) is 0 Å². The summed E-state index contributed by atoms with van der Waals surface area (Å²) in [6.45, 7) is 0. The van der Waals surface area contributed by atoms with Crippen molar-refractivity contribution in [1.29, 1.82) is 0 Å². The normalized spacial score (nSPS) is 28.9. The van der Waals surface area contributed by atoms with Crippen LogP contribution in [0.2, 0.25) is 5.28 Å². The topological polar surface area (TPSA) is 200 Å². The van der Waals surface area contributed by atoms with Crippen molar-refractivity contribution in [3.05, 3.63) is 11.5 Å². The summed E-state index contributed by atoms with van der Waals surface area (Å²) in [4.78, 5) is 36.2. The van der Waals surface area contributed by atoms with Crippen LogP contribution in [-0.4, -0.2) is 74.9 Å². The molecule has 2 aromatic heterocycles. The van der Waals surface area contributed by atoms with Gasteiger partial charge < -0.3 is 34.7 Å². The Morgan fingerprint density at radius 3 is 2.50 bits per heavy atom. The lowest BCUT2D eigenvalue weighted by molar-refractivity contribution is -0.0195. The van der Waals surface area contributed by atoms with Crippen LogP contribution in [0.4, 0.5) is 5.82 Å².